The molecular weight excluding hydrogens is 566 g/mol. The van der Waals surface area contributed by atoms with E-state index in [1.54, 1.807) is 24.3 Å². The van der Waals surface area contributed by atoms with E-state index in [9.17, 15) is 14.4 Å². The largest absolute Gasteiger partial charge is 0.457 e. The molecule has 0 radical (unpaired) electrons. The lowest BCUT2D eigenvalue weighted by molar-refractivity contribution is -0.311. The van der Waals surface area contributed by atoms with Crippen molar-refractivity contribution < 1.29 is 33.3 Å². The van der Waals surface area contributed by atoms with Crippen LogP contribution in [0.25, 0.3) is 0 Å². The van der Waals surface area contributed by atoms with Crippen molar-refractivity contribution in [2.75, 3.05) is 6.61 Å². The topological polar surface area (TPSA) is 91.4 Å². The number of rotatable bonds is 5. The Balaban J connectivity index is 1.43. The van der Waals surface area contributed by atoms with Gasteiger partial charge in [-0.3, -0.25) is 19.3 Å². The maximum atomic E-state index is 13.9. The summed E-state index contributed by atoms with van der Waals surface area (Å²) in [7, 11) is 0. The van der Waals surface area contributed by atoms with E-state index >= 15 is 0 Å². The van der Waals surface area contributed by atoms with E-state index in [0.29, 0.717) is 11.1 Å². The van der Waals surface area contributed by atoms with Gasteiger partial charge < -0.3 is 18.9 Å². The highest BCUT2D eigenvalue weighted by Crippen LogP contribution is 2.44. The number of esters is 1. The summed E-state index contributed by atoms with van der Waals surface area (Å²) in [6.45, 7) is 9.94. The molecule has 43 heavy (non-hydrogen) atoms. The molecule has 6 rings (SSSR count). The van der Waals surface area contributed by atoms with E-state index in [4.69, 9.17) is 18.9 Å². The van der Waals surface area contributed by atoms with Crippen molar-refractivity contribution in [2.45, 2.75) is 81.0 Å². The molecule has 0 saturated carbocycles. The van der Waals surface area contributed by atoms with Crippen molar-refractivity contribution in [2.24, 2.45) is 0 Å². The summed E-state index contributed by atoms with van der Waals surface area (Å²) in [5, 5.41) is 0. The van der Waals surface area contributed by atoms with Gasteiger partial charge in [0.05, 0.1) is 17.7 Å². The van der Waals surface area contributed by atoms with E-state index < -0.39 is 53.9 Å². The fraction of sp³-hybridized carbons (Fsp3) is 0.382. The summed E-state index contributed by atoms with van der Waals surface area (Å²) in [5.41, 5.74) is 2.70. The lowest BCUT2D eigenvalue weighted by Gasteiger charge is -2.50. The van der Waals surface area contributed by atoms with Crippen molar-refractivity contribution >= 4 is 29.5 Å². The Labute approximate surface area is 255 Å². The molecule has 1 unspecified atom stereocenters. The van der Waals surface area contributed by atoms with Gasteiger partial charge in [0.1, 0.15) is 23.7 Å². The first kappa shape index (κ1) is 29.6. The van der Waals surface area contributed by atoms with Crippen LogP contribution < -0.4 is 0 Å². The van der Waals surface area contributed by atoms with Gasteiger partial charge in [-0.1, -0.05) is 87.1 Å². The average Bonchev–Trinajstić information content (AvgIpc) is 3.23. The number of fused-ring (bicyclic) bond motifs is 2. The predicted octanol–water partition coefficient (Wildman–Crippen LogP) is 5.82. The normalized spacial score (nSPS) is 27.0. The number of imide groups is 1. The second-order valence-electron chi connectivity index (χ2n) is 12.2. The Kier molecular flexibility index (Phi) is 7.93. The van der Waals surface area contributed by atoms with Gasteiger partial charge in [-0.15, -0.1) is 0 Å². The highest BCUT2D eigenvalue weighted by Gasteiger charge is 2.57. The molecule has 3 aromatic carbocycles. The third kappa shape index (κ3) is 5.62. The van der Waals surface area contributed by atoms with E-state index in [0.717, 1.165) is 21.6 Å². The average molecular weight is 602 g/mol. The quantitative estimate of drug-likeness (QED) is 0.267. The van der Waals surface area contributed by atoms with Crippen LogP contribution >= 0.6 is 11.8 Å². The van der Waals surface area contributed by atoms with Gasteiger partial charge in [0.25, 0.3) is 11.8 Å². The van der Waals surface area contributed by atoms with Crippen molar-refractivity contribution in [1.29, 1.82) is 0 Å². The molecular formula is C34H35NO7S. The fourth-order valence-electron chi connectivity index (χ4n) is 5.83. The Bertz CT molecular complexity index is 1520. The summed E-state index contributed by atoms with van der Waals surface area (Å²) in [5.74, 6) is -1.46. The number of thioether (sulfide) groups is 1. The minimum atomic E-state index is -1.00. The number of benzene rings is 3. The van der Waals surface area contributed by atoms with E-state index in [2.05, 4.69) is 39.0 Å². The number of ether oxygens (including phenoxy) is 4. The smallest absolute Gasteiger partial charge is 0.303 e. The Morgan fingerprint density at radius 1 is 0.930 bits per heavy atom. The van der Waals surface area contributed by atoms with E-state index in [-0.39, 0.29) is 12.0 Å². The number of aryl methyl sites for hydroxylation is 1. The molecule has 3 aliphatic rings. The number of carbonyl (C=O) groups excluding carboxylic acids is 3. The molecule has 0 bridgehead atoms. The van der Waals surface area contributed by atoms with E-state index in [1.807, 2.05) is 37.3 Å². The third-order valence-corrected chi connectivity index (χ3v) is 9.42. The first-order valence-corrected chi connectivity index (χ1v) is 15.3. The van der Waals surface area contributed by atoms with Gasteiger partial charge in [-0.05, 0) is 41.7 Å². The minimum Gasteiger partial charge on any atom is -0.457 e. The van der Waals surface area contributed by atoms with Crippen LogP contribution in [0.2, 0.25) is 0 Å². The molecule has 0 aromatic heterocycles. The fourth-order valence-corrected chi connectivity index (χ4v) is 7.14. The van der Waals surface area contributed by atoms with Crippen LogP contribution in [0, 0.1) is 6.92 Å². The monoisotopic (exact) mass is 601 g/mol. The molecule has 0 aliphatic carbocycles. The maximum absolute atomic E-state index is 13.9. The van der Waals surface area contributed by atoms with Gasteiger partial charge in [-0.25, -0.2) is 0 Å². The zero-order valence-corrected chi connectivity index (χ0v) is 25.6. The van der Waals surface area contributed by atoms with Crippen LogP contribution in [0.1, 0.15) is 71.4 Å². The Hall–Kier alpha value is -3.50. The molecule has 2 saturated heterocycles. The van der Waals surface area contributed by atoms with Crippen molar-refractivity contribution in [3.63, 3.8) is 0 Å². The second kappa shape index (κ2) is 11.5. The molecule has 6 atom stereocenters. The highest BCUT2D eigenvalue weighted by atomic mass is 32.2. The molecule has 224 valence electrons. The van der Waals surface area contributed by atoms with Crippen molar-refractivity contribution in [1.82, 2.24) is 4.90 Å². The Morgan fingerprint density at radius 2 is 1.58 bits per heavy atom. The van der Waals surface area contributed by atoms with Crippen LogP contribution in [0.3, 0.4) is 0 Å². The van der Waals surface area contributed by atoms with Gasteiger partial charge in [0, 0.05) is 17.4 Å². The summed E-state index contributed by atoms with van der Waals surface area (Å²) in [6, 6.07) is 21.5. The number of amides is 2. The zero-order valence-electron chi connectivity index (χ0n) is 24.8. The van der Waals surface area contributed by atoms with Crippen LogP contribution in [0.15, 0.2) is 77.7 Å². The number of hydrogen-bond donors (Lipinski definition) is 0. The van der Waals surface area contributed by atoms with Crippen LogP contribution in [0.5, 0.6) is 0 Å². The predicted molar refractivity (Wildman–Crippen MR) is 161 cm³/mol. The SMILES string of the molecule is CC(=O)O[C@H]1[C@@H]2OC(c3ccccc3)OC[C@H]2O[C@@H](Sc2cc(C(C)(C)C)ccc2C)[C@@H]1N1C(=O)c2ccccc2C1=O. The molecule has 3 heterocycles. The summed E-state index contributed by atoms with van der Waals surface area (Å²) >= 11 is 1.41. The number of hydrogen-bond acceptors (Lipinski definition) is 8. The van der Waals surface area contributed by atoms with Crippen molar-refractivity contribution in [3.05, 3.63) is 101 Å². The van der Waals surface area contributed by atoms with Gasteiger partial charge in [-0.2, -0.15) is 0 Å². The highest BCUT2D eigenvalue weighted by molar-refractivity contribution is 7.99. The summed E-state index contributed by atoms with van der Waals surface area (Å²) in [4.78, 5) is 42.5. The molecule has 2 amide bonds. The molecule has 8 nitrogen and oxygen atoms in total. The van der Waals surface area contributed by atoms with Crippen molar-refractivity contribution in [3.8, 4) is 0 Å². The zero-order chi connectivity index (χ0) is 30.5. The lowest BCUT2D eigenvalue weighted by atomic mass is 9.87. The second-order valence-corrected chi connectivity index (χ2v) is 13.3. The molecule has 9 heteroatoms. The summed E-state index contributed by atoms with van der Waals surface area (Å²) < 4.78 is 25.2. The standard InChI is InChI=1S/C34H35NO7S/c1-19-15-16-22(34(3,4)5)17-26(19)43-33-27(35-30(37)23-13-9-10-14-24(23)31(35)38)29(40-20(2)36)28-25(41-33)18-39-32(42-28)21-11-7-6-8-12-21/h6-17,25,27-29,32-33H,18H2,1-5H3/t25-,27-,28-,29-,32?,33+/m1/s1. The van der Waals surface area contributed by atoms with E-state index in [1.165, 1.54) is 23.6 Å². The molecule has 3 aliphatic heterocycles. The van der Waals surface area contributed by atoms with Crippen LogP contribution in [-0.2, 0) is 29.2 Å². The number of nitrogens with zero attached hydrogens (tertiary/aromatic N) is 1. The van der Waals surface area contributed by atoms with Gasteiger partial charge in [0.2, 0.25) is 0 Å². The third-order valence-electron chi connectivity index (χ3n) is 8.10. The Morgan fingerprint density at radius 3 is 2.21 bits per heavy atom. The van der Waals surface area contributed by atoms with Crippen LogP contribution in [0.4, 0.5) is 0 Å². The first-order valence-electron chi connectivity index (χ1n) is 14.4. The number of carbonyl (C=O) groups is 3. The molecule has 0 N–H and O–H groups in total. The van der Waals surface area contributed by atoms with Crippen LogP contribution in [-0.4, -0.2) is 59.1 Å². The lowest BCUT2D eigenvalue weighted by Crippen LogP contribution is -2.67. The van der Waals surface area contributed by atoms with Gasteiger partial charge >= 0.3 is 5.97 Å². The molecule has 2 fully saturated rings. The summed E-state index contributed by atoms with van der Waals surface area (Å²) in [6.07, 6.45) is -3.14. The molecule has 0 spiro atoms. The molecule has 3 aromatic rings. The minimum absolute atomic E-state index is 0.0960. The van der Waals surface area contributed by atoms with Gasteiger partial charge in [0.15, 0.2) is 12.4 Å². The maximum Gasteiger partial charge on any atom is 0.303 e. The first-order chi connectivity index (χ1) is 20.5.